The predicted molar refractivity (Wildman–Crippen MR) is 206 cm³/mol. The smallest absolute Gasteiger partial charge is 0.256 e. The summed E-state index contributed by atoms with van der Waals surface area (Å²) >= 11 is 0. The fourth-order valence-corrected chi connectivity index (χ4v) is 8.76. The number of rotatable bonds is 11. The maximum atomic E-state index is 13.1. The van der Waals surface area contributed by atoms with Gasteiger partial charge in [-0.1, -0.05) is 55.1 Å². The molecule has 0 spiro atoms. The molecule has 3 aromatic carbocycles. The topological polar surface area (TPSA) is 98.2 Å². The Hall–Kier alpha value is -5.15. The van der Waals surface area contributed by atoms with Crippen LogP contribution in [0.3, 0.4) is 0 Å². The molecular formula is C44H49N5O4. The molecule has 53 heavy (non-hydrogen) atoms. The quantitative estimate of drug-likeness (QED) is 0.166. The van der Waals surface area contributed by atoms with E-state index in [4.69, 9.17) is 4.74 Å². The van der Waals surface area contributed by atoms with Crippen LogP contribution < -0.4 is 15.0 Å². The van der Waals surface area contributed by atoms with Crippen molar-refractivity contribution in [3.05, 3.63) is 131 Å². The average molecular weight is 712 g/mol. The Kier molecular flexibility index (Phi) is 10.2. The van der Waals surface area contributed by atoms with E-state index in [9.17, 15) is 14.7 Å². The molecule has 2 N–H and O–H groups in total. The summed E-state index contributed by atoms with van der Waals surface area (Å²) in [6.07, 6.45) is 8.28. The number of aromatic nitrogens is 1. The molecule has 274 valence electrons. The van der Waals surface area contributed by atoms with E-state index in [1.165, 1.54) is 22.3 Å². The standard InChI is InChI=1S/C44H49N5O4/c1-30-10-19-40(43(51)46-30)49-29-34-27-41(45-28-39(34)44(49)52)48-23-21-47(22-24-48)20-6-3-7-25-53-36-15-11-32(12-16-36)42-37(31-8-4-2-5-9-31)17-13-33-26-35(50)14-18-38(33)42/h2,4-5,8-9,11-12,14-16,18,26-28,37,40,42,50H,1,3,6-7,10,13,17,19-25,29H2,(H,46,51)/t37-,40?,42+/m1/s1. The van der Waals surface area contributed by atoms with Crippen LogP contribution in [0.2, 0.25) is 0 Å². The Morgan fingerprint density at radius 1 is 0.849 bits per heavy atom. The summed E-state index contributed by atoms with van der Waals surface area (Å²) in [6, 6.07) is 26.9. The lowest BCUT2D eigenvalue weighted by Crippen LogP contribution is -2.49. The molecule has 2 amide bonds. The van der Waals surface area contributed by atoms with Crippen LogP contribution in [0.15, 0.2) is 97.3 Å². The van der Waals surface area contributed by atoms with Gasteiger partial charge in [0.15, 0.2) is 0 Å². The summed E-state index contributed by atoms with van der Waals surface area (Å²) in [5.74, 6) is 2.52. The summed E-state index contributed by atoms with van der Waals surface area (Å²) in [4.78, 5) is 36.8. The molecule has 2 saturated heterocycles. The number of carbonyl (C=O) groups is 2. The highest BCUT2D eigenvalue weighted by molar-refractivity contribution is 6.01. The SMILES string of the molecule is C=C1CCC(N2Cc3cc(N4CCN(CCCCCOc5ccc([C@@H]6c7ccc(O)cc7CC[C@@H]6c6ccccc6)cc5)CC4)ncc3C2=O)C(=O)N1. The zero-order chi connectivity index (χ0) is 36.3. The first-order valence-corrected chi connectivity index (χ1v) is 19.3. The molecule has 1 unspecified atom stereocenters. The summed E-state index contributed by atoms with van der Waals surface area (Å²) in [6.45, 7) is 9.84. The first-order chi connectivity index (χ1) is 25.9. The minimum Gasteiger partial charge on any atom is -0.508 e. The van der Waals surface area contributed by atoms with Gasteiger partial charge in [-0.15, -0.1) is 0 Å². The number of hydrogen-bond acceptors (Lipinski definition) is 7. The number of piperazine rings is 1. The van der Waals surface area contributed by atoms with E-state index >= 15 is 0 Å². The Balaban J connectivity index is 0.774. The van der Waals surface area contributed by atoms with Gasteiger partial charge in [-0.25, -0.2) is 4.98 Å². The van der Waals surface area contributed by atoms with Crippen molar-refractivity contribution < 1.29 is 19.4 Å². The largest absolute Gasteiger partial charge is 0.508 e. The molecule has 2 fully saturated rings. The first-order valence-electron chi connectivity index (χ1n) is 19.3. The monoisotopic (exact) mass is 711 g/mol. The van der Waals surface area contributed by atoms with Gasteiger partial charge in [0.2, 0.25) is 5.91 Å². The highest BCUT2D eigenvalue weighted by Crippen LogP contribution is 2.47. The number of ether oxygens (including phenoxy) is 1. The van der Waals surface area contributed by atoms with Crippen LogP contribution in [-0.4, -0.2) is 77.1 Å². The van der Waals surface area contributed by atoms with Crippen molar-refractivity contribution in [1.82, 2.24) is 20.1 Å². The Morgan fingerprint density at radius 2 is 1.66 bits per heavy atom. The molecule has 9 heteroatoms. The van der Waals surface area contributed by atoms with Gasteiger partial charge in [0.05, 0.1) is 12.2 Å². The lowest BCUT2D eigenvalue weighted by Gasteiger charge is -2.35. The number of unbranched alkanes of at least 4 members (excludes halogenated alkanes) is 2. The van der Waals surface area contributed by atoms with Crippen LogP contribution in [0.4, 0.5) is 5.82 Å². The van der Waals surface area contributed by atoms with Gasteiger partial charge in [-0.05, 0) is 116 Å². The second kappa shape index (κ2) is 15.4. The summed E-state index contributed by atoms with van der Waals surface area (Å²) in [5.41, 5.74) is 7.47. The number of aromatic hydroxyl groups is 1. The number of phenolic OH excluding ortho intramolecular Hbond substituents is 1. The van der Waals surface area contributed by atoms with E-state index in [2.05, 4.69) is 87.3 Å². The number of nitrogens with zero attached hydrogens (tertiary/aromatic N) is 4. The van der Waals surface area contributed by atoms with Crippen LogP contribution in [-0.2, 0) is 17.8 Å². The molecule has 9 nitrogen and oxygen atoms in total. The van der Waals surface area contributed by atoms with Crippen molar-refractivity contribution in [2.24, 2.45) is 0 Å². The molecule has 0 saturated carbocycles. The van der Waals surface area contributed by atoms with E-state index in [1.807, 2.05) is 18.2 Å². The predicted octanol–water partition coefficient (Wildman–Crippen LogP) is 6.77. The molecule has 3 aliphatic heterocycles. The third-order valence-electron chi connectivity index (χ3n) is 11.6. The normalized spacial score (nSPS) is 21.7. The van der Waals surface area contributed by atoms with Crippen LogP contribution in [0.5, 0.6) is 11.5 Å². The Labute approximate surface area is 312 Å². The number of carbonyl (C=O) groups excluding carboxylic acids is 2. The number of benzene rings is 3. The number of aryl methyl sites for hydroxylation is 1. The van der Waals surface area contributed by atoms with Crippen molar-refractivity contribution in [3.63, 3.8) is 0 Å². The minimum atomic E-state index is -0.456. The van der Waals surface area contributed by atoms with Gasteiger partial charge in [0, 0.05) is 50.5 Å². The van der Waals surface area contributed by atoms with Crippen molar-refractivity contribution in [2.75, 3.05) is 44.2 Å². The van der Waals surface area contributed by atoms with Crippen molar-refractivity contribution >= 4 is 17.6 Å². The number of phenols is 1. The number of allylic oxidation sites excluding steroid dienone is 1. The first kappa shape index (κ1) is 34.9. The van der Waals surface area contributed by atoms with E-state index in [1.54, 1.807) is 11.1 Å². The molecule has 4 aromatic rings. The molecule has 0 radical (unpaired) electrons. The van der Waals surface area contributed by atoms with E-state index in [-0.39, 0.29) is 17.7 Å². The number of piperidine rings is 1. The van der Waals surface area contributed by atoms with Crippen LogP contribution in [0.1, 0.15) is 88.5 Å². The molecule has 8 rings (SSSR count). The van der Waals surface area contributed by atoms with Gasteiger partial charge in [0.25, 0.3) is 5.91 Å². The number of fused-ring (bicyclic) bond motifs is 2. The summed E-state index contributed by atoms with van der Waals surface area (Å²) < 4.78 is 6.18. The summed E-state index contributed by atoms with van der Waals surface area (Å²) in [5, 5.41) is 13.0. The van der Waals surface area contributed by atoms with E-state index in [0.717, 1.165) is 82.0 Å². The number of hydrogen-bond donors (Lipinski definition) is 2. The molecule has 4 aliphatic rings. The fraction of sp³-hybridized carbons (Fsp3) is 0.386. The third kappa shape index (κ3) is 7.53. The number of amides is 2. The number of anilines is 1. The fourth-order valence-electron chi connectivity index (χ4n) is 8.76. The van der Waals surface area contributed by atoms with Crippen molar-refractivity contribution in [1.29, 1.82) is 0 Å². The summed E-state index contributed by atoms with van der Waals surface area (Å²) in [7, 11) is 0. The third-order valence-corrected chi connectivity index (χ3v) is 11.6. The average Bonchev–Trinajstić information content (AvgIpc) is 3.51. The number of pyridine rings is 1. The van der Waals surface area contributed by atoms with Crippen molar-refractivity contribution in [2.45, 2.75) is 69.4 Å². The number of nitrogens with one attached hydrogen (secondary N) is 1. The van der Waals surface area contributed by atoms with Crippen LogP contribution in [0, 0.1) is 0 Å². The van der Waals surface area contributed by atoms with E-state index in [0.29, 0.717) is 48.9 Å². The molecule has 1 aromatic heterocycles. The van der Waals surface area contributed by atoms with Crippen LogP contribution >= 0.6 is 0 Å². The lowest BCUT2D eigenvalue weighted by molar-refractivity contribution is -0.126. The van der Waals surface area contributed by atoms with Crippen molar-refractivity contribution in [3.8, 4) is 11.5 Å². The van der Waals surface area contributed by atoms with Gasteiger partial charge in [0.1, 0.15) is 23.4 Å². The molecular weight excluding hydrogens is 663 g/mol. The zero-order valence-corrected chi connectivity index (χ0v) is 30.4. The Morgan fingerprint density at radius 3 is 2.45 bits per heavy atom. The molecule has 4 heterocycles. The van der Waals surface area contributed by atoms with Crippen LogP contribution in [0.25, 0.3) is 0 Å². The molecule has 0 bridgehead atoms. The van der Waals surface area contributed by atoms with E-state index < -0.39 is 6.04 Å². The Bertz CT molecular complexity index is 1960. The maximum absolute atomic E-state index is 13.1. The second-order valence-corrected chi connectivity index (χ2v) is 15.0. The second-order valence-electron chi connectivity index (χ2n) is 15.0. The zero-order valence-electron chi connectivity index (χ0n) is 30.4. The van der Waals surface area contributed by atoms with Gasteiger partial charge < -0.3 is 25.0 Å². The van der Waals surface area contributed by atoms with Gasteiger partial charge in [-0.3, -0.25) is 14.5 Å². The van der Waals surface area contributed by atoms with Gasteiger partial charge in [-0.2, -0.15) is 0 Å². The minimum absolute atomic E-state index is 0.110. The highest BCUT2D eigenvalue weighted by atomic mass is 16.5. The molecule has 1 aliphatic carbocycles. The highest BCUT2D eigenvalue weighted by Gasteiger charge is 2.39. The van der Waals surface area contributed by atoms with Gasteiger partial charge >= 0.3 is 0 Å². The lowest BCUT2D eigenvalue weighted by atomic mass is 9.69. The molecule has 3 atom stereocenters. The maximum Gasteiger partial charge on any atom is 0.256 e.